The van der Waals surface area contributed by atoms with Crippen molar-refractivity contribution in [1.29, 1.82) is 0 Å². The van der Waals surface area contributed by atoms with Gasteiger partial charge in [-0.1, -0.05) is 12.1 Å². The highest BCUT2D eigenvalue weighted by atomic mass is 16.5. The molecule has 166 valence electrons. The Bertz CT molecular complexity index is 1250. The first-order valence-corrected chi connectivity index (χ1v) is 10.3. The summed E-state index contributed by atoms with van der Waals surface area (Å²) in [6.07, 6.45) is 5.13. The number of hydrogen-bond acceptors (Lipinski definition) is 7. The molecule has 0 saturated carbocycles. The highest BCUT2D eigenvalue weighted by Gasteiger charge is 2.11. The van der Waals surface area contributed by atoms with Crippen LogP contribution < -0.4 is 20.1 Å². The fourth-order valence-corrected chi connectivity index (χ4v) is 3.11. The molecule has 0 aliphatic heterocycles. The van der Waals surface area contributed by atoms with Crippen molar-refractivity contribution in [3.63, 3.8) is 0 Å². The standard InChI is InChI=1S/C25H23N5O3/c1-17-8-9-22(28-24(31)16-33-20-7-3-6-19(14-20)32-2)23(13-17)30-25-27-12-10-21(29-25)18-5-4-11-26-15-18/h3-15H,16H2,1-2H3,(H,28,31)(H,27,29,30). The van der Waals surface area contributed by atoms with Crippen LogP contribution >= 0.6 is 0 Å². The van der Waals surface area contributed by atoms with Crippen LogP contribution in [0.25, 0.3) is 11.3 Å². The number of methoxy groups -OCH3 is 1. The number of nitrogens with one attached hydrogen (secondary N) is 2. The second-order valence-corrected chi connectivity index (χ2v) is 7.20. The van der Waals surface area contributed by atoms with Crippen molar-refractivity contribution in [2.45, 2.75) is 6.92 Å². The minimum Gasteiger partial charge on any atom is -0.497 e. The van der Waals surface area contributed by atoms with Gasteiger partial charge in [0.2, 0.25) is 5.95 Å². The number of aromatic nitrogens is 3. The lowest BCUT2D eigenvalue weighted by Crippen LogP contribution is -2.20. The summed E-state index contributed by atoms with van der Waals surface area (Å²) in [5.74, 6) is 1.32. The molecular formula is C25H23N5O3. The maximum absolute atomic E-state index is 12.5. The van der Waals surface area contributed by atoms with Crippen LogP contribution in [0.2, 0.25) is 0 Å². The number of nitrogens with zero attached hydrogens (tertiary/aromatic N) is 3. The molecule has 0 fully saturated rings. The van der Waals surface area contributed by atoms with Crippen LogP contribution in [0.15, 0.2) is 79.3 Å². The summed E-state index contributed by atoms with van der Waals surface area (Å²) in [6, 6.07) is 18.3. The number of anilines is 3. The molecule has 0 radical (unpaired) electrons. The fourth-order valence-electron chi connectivity index (χ4n) is 3.11. The van der Waals surface area contributed by atoms with Gasteiger partial charge in [-0.2, -0.15) is 0 Å². The van der Waals surface area contributed by atoms with Gasteiger partial charge in [0.15, 0.2) is 6.61 Å². The molecule has 2 heterocycles. The van der Waals surface area contributed by atoms with Gasteiger partial charge in [0.05, 0.1) is 24.2 Å². The van der Waals surface area contributed by atoms with E-state index in [1.165, 1.54) is 0 Å². The summed E-state index contributed by atoms with van der Waals surface area (Å²) in [5.41, 5.74) is 3.91. The van der Waals surface area contributed by atoms with Crippen molar-refractivity contribution in [3.8, 4) is 22.8 Å². The number of rotatable bonds is 8. The molecule has 0 bridgehead atoms. The first-order valence-electron chi connectivity index (χ1n) is 10.3. The van der Waals surface area contributed by atoms with Gasteiger partial charge in [-0.3, -0.25) is 9.78 Å². The van der Waals surface area contributed by atoms with Crippen molar-refractivity contribution in [3.05, 3.63) is 84.8 Å². The molecule has 0 aliphatic carbocycles. The topological polar surface area (TPSA) is 98.3 Å². The van der Waals surface area contributed by atoms with E-state index in [0.717, 1.165) is 16.8 Å². The van der Waals surface area contributed by atoms with Gasteiger partial charge < -0.3 is 20.1 Å². The molecule has 0 saturated heterocycles. The predicted molar refractivity (Wildman–Crippen MR) is 127 cm³/mol. The summed E-state index contributed by atoms with van der Waals surface area (Å²) >= 11 is 0. The van der Waals surface area contributed by atoms with E-state index in [2.05, 4.69) is 25.6 Å². The van der Waals surface area contributed by atoms with E-state index in [1.54, 1.807) is 43.9 Å². The Balaban J connectivity index is 1.47. The van der Waals surface area contributed by atoms with Crippen LogP contribution in [0.5, 0.6) is 11.5 Å². The van der Waals surface area contributed by atoms with Crippen molar-refractivity contribution < 1.29 is 14.3 Å². The molecule has 8 heteroatoms. The molecule has 0 unspecified atom stereocenters. The number of pyridine rings is 1. The number of hydrogen-bond donors (Lipinski definition) is 2. The molecule has 4 aromatic rings. The van der Waals surface area contributed by atoms with E-state index >= 15 is 0 Å². The number of carbonyl (C=O) groups is 1. The quantitative estimate of drug-likeness (QED) is 0.412. The van der Waals surface area contributed by atoms with Crippen molar-refractivity contribution >= 4 is 23.2 Å². The van der Waals surface area contributed by atoms with Crippen LogP contribution in [0.1, 0.15) is 5.56 Å². The van der Waals surface area contributed by atoms with Crippen molar-refractivity contribution in [1.82, 2.24) is 15.0 Å². The summed E-state index contributed by atoms with van der Waals surface area (Å²) in [7, 11) is 1.58. The van der Waals surface area contributed by atoms with Gasteiger partial charge in [0, 0.05) is 30.2 Å². The third kappa shape index (κ3) is 5.82. The van der Waals surface area contributed by atoms with E-state index in [4.69, 9.17) is 9.47 Å². The fraction of sp³-hybridized carbons (Fsp3) is 0.120. The molecule has 0 atom stereocenters. The highest BCUT2D eigenvalue weighted by molar-refractivity contribution is 5.95. The Morgan fingerprint density at radius 2 is 1.85 bits per heavy atom. The SMILES string of the molecule is COc1cccc(OCC(=O)Nc2ccc(C)cc2Nc2nccc(-c3cccnc3)n2)c1. The first kappa shape index (κ1) is 21.8. The highest BCUT2D eigenvalue weighted by Crippen LogP contribution is 2.27. The Hall–Kier alpha value is -4.46. The summed E-state index contributed by atoms with van der Waals surface area (Å²) in [5, 5.41) is 6.08. The predicted octanol–water partition coefficient (Wildman–Crippen LogP) is 4.62. The number of ether oxygens (including phenoxy) is 2. The van der Waals surface area contributed by atoms with Crippen LogP contribution in [-0.2, 0) is 4.79 Å². The van der Waals surface area contributed by atoms with Gasteiger partial charge in [-0.05, 0) is 55.0 Å². The minimum absolute atomic E-state index is 0.145. The third-order valence-electron chi connectivity index (χ3n) is 4.72. The Morgan fingerprint density at radius 1 is 0.970 bits per heavy atom. The van der Waals surface area contributed by atoms with Crippen molar-refractivity contribution in [2.24, 2.45) is 0 Å². The minimum atomic E-state index is -0.297. The molecule has 1 amide bonds. The molecule has 33 heavy (non-hydrogen) atoms. The molecule has 2 N–H and O–H groups in total. The van der Waals surface area contributed by atoms with E-state index in [-0.39, 0.29) is 12.5 Å². The molecule has 2 aromatic carbocycles. The maximum Gasteiger partial charge on any atom is 0.262 e. The van der Waals surface area contributed by atoms with Gasteiger partial charge in [0.1, 0.15) is 11.5 Å². The lowest BCUT2D eigenvalue weighted by Gasteiger charge is -2.14. The second kappa shape index (κ2) is 10.2. The van der Waals surface area contributed by atoms with E-state index in [0.29, 0.717) is 28.8 Å². The lowest BCUT2D eigenvalue weighted by atomic mass is 10.2. The smallest absolute Gasteiger partial charge is 0.262 e. The Labute approximate surface area is 191 Å². The number of benzene rings is 2. The van der Waals surface area contributed by atoms with E-state index < -0.39 is 0 Å². The summed E-state index contributed by atoms with van der Waals surface area (Å²) in [4.78, 5) is 25.6. The average Bonchev–Trinajstić information content (AvgIpc) is 2.85. The van der Waals surface area contributed by atoms with Gasteiger partial charge in [-0.25, -0.2) is 9.97 Å². The molecule has 8 nitrogen and oxygen atoms in total. The van der Waals surface area contributed by atoms with E-state index in [9.17, 15) is 4.79 Å². The zero-order valence-electron chi connectivity index (χ0n) is 18.3. The monoisotopic (exact) mass is 441 g/mol. The number of amides is 1. The molecule has 4 rings (SSSR count). The molecule has 0 aliphatic rings. The maximum atomic E-state index is 12.5. The first-order chi connectivity index (χ1) is 16.1. The van der Waals surface area contributed by atoms with E-state index in [1.807, 2.05) is 49.4 Å². The summed E-state index contributed by atoms with van der Waals surface area (Å²) < 4.78 is 10.8. The van der Waals surface area contributed by atoms with Crippen LogP contribution in [-0.4, -0.2) is 34.6 Å². The number of aryl methyl sites for hydroxylation is 1. The second-order valence-electron chi connectivity index (χ2n) is 7.20. The van der Waals surface area contributed by atoms with Gasteiger partial charge >= 0.3 is 0 Å². The molecular weight excluding hydrogens is 418 g/mol. The zero-order chi connectivity index (χ0) is 23.0. The van der Waals surface area contributed by atoms with Crippen LogP contribution in [0.3, 0.4) is 0 Å². The van der Waals surface area contributed by atoms with Crippen LogP contribution in [0.4, 0.5) is 17.3 Å². The third-order valence-corrected chi connectivity index (χ3v) is 4.72. The van der Waals surface area contributed by atoms with Gasteiger partial charge in [0.25, 0.3) is 5.91 Å². The zero-order valence-corrected chi connectivity index (χ0v) is 18.3. The largest absolute Gasteiger partial charge is 0.497 e. The number of carbonyl (C=O) groups excluding carboxylic acids is 1. The average molecular weight is 441 g/mol. The summed E-state index contributed by atoms with van der Waals surface area (Å²) in [6.45, 7) is 1.82. The Kier molecular flexibility index (Phi) is 6.75. The molecule has 0 spiro atoms. The van der Waals surface area contributed by atoms with Gasteiger partial charge in [-0.15, -0.1) is 0 Å². The van der Waals surface area contributed by atoms with Crippen LogP contribution in [0, 0.1) is 6.92 Å². The Morgan fingerprint density at radius 3 is 2.67 bits per heavy atom. The lowest BCUT2D eigenvalue weighted by molar-refractivity contribution is -0.118. The van der Waals surface area contributed by atoms with Crippen molar-refractivity contribution in [2.75, 3.05) is 24.4 Å². The normalized spacial score (nSPS) is 10.4. The molecule has 2 aromatic heterocycles.